The molecule has 0 aliphatic carbocycles. The van der Waals surface area contributed by atoms with E-state index in [1.165, 1.54) is 0 Å². The van der Waals surface area contributed by atoms with Gasteiger partial charge in [-0.3, -0.25) is 0 Å². The summed E-state index contributed by atoms with van der Waals surface area (Å²) in [6.45, 7) is 7.46. The Morgan fingerprint density at radius 3 is 2.79 bits per heavy atom. The zero-order valence-corrected chi connectivity index (χ0v) is 8.54. The Morgan fingerprint density at radius 1 is 1.50 bits per heavy atom. The summed E-state index contributed by atoms with van der Waals surface area (Å²) in [6.07, 6.45) is 1.59. The summed E-state index contributed by atoms with van der Waals surface area (Å²) in [5.74, 6) is 6.38. The Hall–Kier alpha value is -1.68. The van der Waals surface area contributed by atoms with E-state index in [4.69, 9.17) is 0 Å². The molecule has 0 radical (unpaired) electrons. The Bertz CT molecular complexity index is 393. The van der Waals surface area contributed by atoms with Crippen LogP contribution in [0.5, 0.6) is 5.75 Å². The largest absolute Gasteiger partial charge is 0.508 e. The van der Waals surface area contributed by atoms with Crippen LogP contribution in [0.25, 0.3) is 0 Å². The molecule has 0 aliphatic rings. The molecule has 0 bridgehead atoms. The molecule has 1 atom stereocenters. The van der Waals surface area contributed by atoms with E-state index in [-0.39, 0.29) is 5.92 Å². The molecule has 0 amide bonds. The summed E-state index contributed by atoms with van der Waals surface area (Å²) >= 11 is 0. The SMILES string of the molecule is C=CC#CC(C)c1ccc(O)c(C)c1. The molecule has 0 spiro atoms. The third kappa shape index (κ3) is 2.40. The first-order chi connectivity index (χ1) is 6.65. The number of hydrogen-bond donors (Lipinski definition) is 1. The van der Waals surface area contributed by atoms with Crippen molar-refractivity contribution in [3.8, 4) is 17.6 Å². The number of aromatic hydroxyl groups is 1. The highest BCUT2D eigenvalue weighted by Gasteiger charge is 2.03. The molecule has 1 aromatic rings. The molecular formula is C13H14O. The van der Waals surface area contributed by atoms with Crippen LogP contribution in [0.4, 0.5) is 0 Å². The van der Waals surface area contributed by atoms with Crippen LogP contribution in [0.15, 0.2) is 30.9 Å². The van der Waals surface area contributed by atoms with Gasteiger partial charge in [-0.25, -0.2) is 0 Å². The van der Waals surface area contributed by atoms with E-state index in [1.54, 1.807) is 12.1 Å². The third-order valence-corrected chi connectivity index (χ3v) is 2.12. The highest BCUT2D eigenvalue weighted by Crippen LogP contribution is 2.21. The molecule has 72 valence electrons. The molecule has 0 saturated carbocycles. The lowest BCUT2D eigenvalue weighted by Gasteiger charge is -2.06. The van der Waals surface area contributed by atoms with Crippen molar-refractivity contribution >= 4 is 0 Å². The highest BCUT2D eigenvalue weighted by atomic mass is 16.3. The predicted molar refractivity (Wildman–Crippen MR) is 59.2 cm³/mol. The lowest BCUT2D eigenvalue weighted by atomic mass is 9.99. The van der Waals surface area contributed by atoms with Gasteiger partial charge in [0.25, 0.3) is 0 Å². The van der Waals surface area contributed by atoms with Crippen LogP contribution in [0.3, 0.4) is 0 Å². The van der Waals surface area contributed by atoms with Crippen LogP contribution in [-0.4, -0.2) is 5.11 Å². The van der Waals surface area contributed by atoms with Crippen LogP contribution < -0.4 is 0 Å². The van der Waals surface area contributed by atoms with E-state index in [0.29, 0.717) is 5.75 Å². The maximum Gasteiger partial charge on any atom is 0.118 e. The summed E-state index contributed by atoms with van der Waals surface area (Å²) in [4.78, 5) is 0. The van der Waals surface area contributed by atoms with Gasteiger partial charge in [0.15, 0.2) is 0 Å². The first kappa shape index (κ1) is 10.4. The van der Waals surface area contributed by atoms with E-state index < -0.39 is 0 Å². The fourth-order valence-corrected chi connectivity index (χ4v) is 1.22. The fourth-order valence-electron chi connectivity index (χ4n) is 1.22. The molecule has 1 rings (SSSR count). The number of phenols is 1. The van der Waals surface area contributed by atoms with Crippen molar-refractivity contribution < 1.29 is 5.11 Å². The van der Waals surface area contributed by atoms with Crippen LogP contribution >= 0.6 is 0 Å². The second kappa shape index (κ2) is 4.53. The second-order valence-electron chi connectivity index (χ2n) is 3.26. The van der Waals surface area contributed by atoms with Crippen LogP contribution in [0, 0.1) is 18.8 Å². The zero-order chi connectivity index (χ0) is 10.6. The summed E-state index contributed by atoms with van der Waals surface area (Å²) in [5.41, 5.74) is 2.00. The van der Waals surface area contributed by atoms with Crippen molar-refractivity contribution in [3.05, 3.63) is 42.0 Å². The van der Waals surface area contributed by atoms with Crippen LogP contribution in [0.2, 0.25) is 0 Å². The van der Waals surface area contributed by atoms with Gasteiger partial charge in [0, 0.05) is 5.92 Å². The quantitative estimate of drug-likeness (QED) is 0.668. The summed E-state index contributed by atoms with van der Waals surface area (Å²) < 4.78 is 0. The van der Waals surface area contributed by atoms with Gasteiger partial charge in [-0.2, -0.15) is 0 Å². The fraction of sp³-hybridized carbons (Fsp3) is 0.231. The van der Waals surface area contributed by atoms with Crippen molar-refractivity contribution in [2.24, 2.45) is 0 Å². The summed E-state index contributed by atoms with van der Waals surface area (Å²) in [6, 6.07) is 5.55. The third-order valence-electron chi connectivity index (χ3n) is 2.12. The number of aryl methyl sites for hydroxylation is 1. The van der Waals surface area contributed by atoms with Crippen molar-refractivity contribution in [1.82, 2.24) is 0 Å². The Morgan fingerprint density at radius 2 is 2.21 bits per heavy atom. The number of phenolic OH excluding ortho intramolecular Hbond substituents is 1. The van der Waals surface area contributed by atoms with Gasteiger partial charge in [-0.05, 0) is 37.1 Å². The van der Waals surface area contributed by atoms with Crippen molar-refractivity contribution in [1.29, 1.82) is 0 Å². The maximum atomic E-state index is 9.35. The Labute approximate surface area is 85.1 Å². The second-order valence-corrected chi connectivity index (χ2v) is 3.26. The predicted octanol–water partition coefficient (Wildman–Crippen LogP) is 2.99. The summed E-state index contributed by atoms with van der Waals surface area (Å²) in [7, 11) is 0. The Balaban J connectivity index is 2.96. The van der Waals surface area contributed by atoms with Crippen LogP contribution in [-0.2, 0) is 0 Å². The zero-order valence-electron chi connectivity index (χ0n) is 8.54. The Kier molecular flexibility index (Phi) is 3.36. The van der Waals surface area contributed by atoms with Gasteiger partial charge in [0.1, 0.15) is 5.75 Å². The molecule has 1 N–H and O–H groups in total. The topological polar surface area (TPSA) is 20.2 Å². The first-order valence-electron chi connectivity index (χ1n) is 4.56. The molecule has 14 heavy (non-hydrogen) atoms. The number of rotatable bonds is 1. The van der Waals surface area contributed by atoms with Crippen molar-refractivity contribution in [2.75, 3.05) is 0 Å². The van der Waals surface area contributed by atoms with Gasteiger partial charge in [-0.15, -0.1) is 0 Å². The van der Waals surface area contributed by atoms with E-state index in [1.807, 2.05) is 26.0 Å². The van der Waals surface area contributed by atoms with Gasteiger partial charge >= 0.3 is 0 Å². The minimum absolute atomic E-state index is 0.173. The lowest BCUT2D eigenvalue weighted by Crippen LogP contribution is -1.90. The molecule has 1 nitrogen and oxygen atoms in total. The molecule has 0 saturated heterocycles. The van der Waals surface area contributed by atoms with Gasteiger partial charge in [0.2, 0.25) is 0 Å². The molecule has 1 unspecified atom stereocenters. The van der Waals surface area contributed by atoms with Gasteiger partial charge in [-0.1, -0.05) is 30.6 Å². The monoisotopic (exact) mass is 186 g/mol. The number of allylic oxidation sites excluding steroid dienone is 1. The highest BCUT2D eigenvalue weighted by molar-refractivity contribution is 5.39. The molecule has 1 aromatic carbocycles. The average Bonchev–Trinajstić information content (AvgIpc) is 2.18. The van der Waals surface area contributed by atoms with E-state index >= 15 is 0 Å². The standard InChI is InChI=1S/C13H14O/c1-4-5-6-10(2)12-7-8-13(14)11(3)9-12/h4,7-10,14H,1H2,2-3H3. The molecule has 0 heterocycles. The smallest absolute Gasteiger partial charge is 0.118 e. The molecule has 0 fully saturated rings. The first-order valence-corrected chi connectivity index (χ1v) is 4.56. The molecule has 1 heteroatoms. The van der Waals surface area contributed by atoms with Gasteiger partial charge in [0.05, 0.1) is 0 Å². The molecule has 0 aliphatic heterocycles. The number of benzene rings is 1. The lowest BCUT2D eigenvalue weighted by molar-refractivity contribution is 0.471. The van der Waals surface area contributed by atoms with Crippen LogP contribution in [0.1, 0.15) is 24.0 Å². The van der Waals surface area contributed by atoms with E-state index in [9.17, 15) is 5.11 Å². The normalized spacial score (nSPS) is 11.3. The number of hydrogen-bond acceptors (Lipinski definition) is 1. The van der Waals surface area contributed by atoms with E-state index in [0.717, 1.165) is 11.1 Å². The average molecular weight is 186 g/mol. The van der Waals surface area contributed by atoms with Gasteiger partial charge < -0.3 is 5.11 Å². The minimum Gasteiger partial charge on any atom is -0.508 e. The molecular weight excluding hydrogens is 172 g/mol. The minimum atomic E-state index is 0.173. The van der Waals surface area contributed by atoms with Crippen molar-refractivity contribution in [3.63, 3.8) is 0 Å². The van der Waals surface area contributed by atoms with E-state index in [2.05, 4.69) is 18.4 Å². The maximum absolute atomic E-state index is 9.35. The van der Waals surface area contributed by atoms with Crippen molar-refractivity contribution in [2.45, 2.75) is 19.8 Å². The summed E-state index contributed by atoms with van der Waals surface area (Å²) in [5, 5.41) is 9.35. The molecule has 0 aromatic heterocycles.